The summed E-state index contributed by atoms with van der Waals surface area (Å²) in [5.74, 6) is -1.08. The highest BCUT2D eigenvalue weighted by atomic mass is 19.4. The van der Waals surface area contributed by atoms with Gasteiger partial charge >= 0.3 is 6.18 Å². The molecule has 0 amide bonds. The molecular formula is C20H15F3NO3-. The molecule has 3 rings (SSSR count). The molecular weight excluding hydrogens is 359 g/mol. The first-order valence-electron chi connectivity index (χ1n) is 8.19. The largest absolute Gasteiger partial charge is 0.545 e. The molecule has 0 N–H and O–H groups in total. The van der Waals surface area contributed by atoms with Gasteiger partial charge in [-0.1, -0.05) is 24.3 Å². The maximum Gasteiger partial charge on any atom is 0.416 e. The lowest BCUT2D eigenvalue weighted by molar-refractivity contribution is -0.254. The van der Waals surface area contributed by atoms with Crippen LogP contribution < -0.4 is 9.84 Å². The van der Waals surface area contributed by atoms with E-state index in [9.17, 15) is 23.1 Å². The van der Waals surface area contributed by atoms with Gasteiger partial charge < -0.3 is 14.6 Å². The number of carbonyl (C=O) groups excluding carboxylic acids is 1. The molecule has 140 valence electrons. The summed E-state index contributed by atoms with van der Waals surface area (Å²) in [4.78, 5) is 16.2. The molecule has 0 bridgehead atoms. The number of carboxylic acids is 1. The van der Waals surface area contributed by atoms with Crippen LogP contribution in [0.4, 0.5) is 13.2 Å². The van der Waals surface area contributed by atoms with E-state index in [1.54, 1.807) is 25.1 Å². The number of hydrogen-bond donors (Lipinski definition) is 0. The molecule has 0 saturated carbocycles. The topological polar surface area (TPSA) is 62.2 Å². The summed E-state index contributed by atoms with van der Waals surface area (Å²) in [6.45, 7) is 3.59. The second-order valence-electron chi connectivity index (χ2n) is 5.91. The van der Waals surface area contributed by atoms with Crippen molar-refractivity contribution >= 4 is 16.9 Å². The van der Waals surface area contributed by atoms with Crippen LogP contribution in [0.5, 0.6) is 5.75 Å². The van der Waals surface area contributed by atoms with Gasteiger partial charge in [0.1, 0.15) is 11.3 Å². The SMILES string of the molecule is CCOc1cccc2c(C(=O)[O-])c(C)c(-c3cccc(C(F)(F)F)c3)nc12. The number of halogens is 3. The monoisotopic (exact) mass is 374 g/mol. The minimum atomic E-state index is -4.52. The van der Waals surface area contributed by atoms with Gasteiger partial charge in [-0.15, -0.1) is 0 Å². The summed E-state index contributed by atoms with van der Waals surface area (Å²) in [6.07, 6.45) is -4.52. The van der Waals surface area contributed by atoms with Gasteiger partial charge in [-0.3, -0.25) is 0 Å². The number of pyridine rings is 1. The lowest BCUT2D eigenvalue weighted by Crippen LogP contribution is -2.24. The highest BCUT2D eigenvalue weighted by Gasteiger charge is 2.30. The first-order chi connectivity index (χ1) is 12.7. The molecule has 0 atom stereocenters. The Bertz CT molecular complexity index is 1030. The van der Waals surface area contributed by atoms with E-state index < -0.39 is 17.7 Å². The fourth-order valence-electron chi connectivity index (χ4n) is 3.01. The molecule has 4 nitrogen and oxygen atoms in total. The Labute approximate surface area is 153 Å². The third-order valence-electron chi connectivity index (χ3n) is 4.19. The van der Waals surface area contributed by atoms with E-state index in [-0.39, 0.29) is 27.9 Å². The van der Waals surface area contributed by atoms with E-state index in [0.29, 0.717) is 17.7 Å². The van der Waals surface area contributed by atoms with Crippen LogP contribution in [0, 0.1) is 6.92 Å². The number of benzene rings is 2. The Hall–Kier alpha value is -3.09. The first kappa shape index (κ1) is 18.7. The van der Waals surface area contributed by atoms with E-state index >= 15 is 0 Å². The zero-order valence-electron chi connectivity index (χ0n) is 14.6. The molecule has 27 heavy (non-hydrogen) atoms. The van der Waals surface area contributed by atoms with E-state index in [0.717, 1.165) is 12.1 Å². The van der Waals surface area contributed by atoms with Crippen molar-refractivity contribution in [3.05, 3.63) is 59.2 Å². The summed E-state index contributed by atoms with van der Waals surface area (Å²) in [6, 6.07) is 9.44. The number of aromatic nitrogens is 1. The van der Waals surface area contributed by atoms with Crippen LogP contribution in [0.3, 0.4) is 0 Å². The Morgan fingerprint density at radius 3 is 2.52 bits per heavy atom. The van der Waals surface area contributed by atoms with Gasteiger partial charge in [0.25, 0.3) is 0 Å². The molecule has 0 aliphatic heterocycles. The highest BCUT2D eigenvalue weighted by Crippen LogP contribution is 2.36. The Balaban J connectivity index is 2.35. The molecule has 1 heterocycles. The average molecular weight is 374 g/mol. The van der Waals surface area contributed by atoms with Gasteiger partial charge in [-0.2, -0.15) is 13.2 Å². The van der Waals surface area contributed by atoms with Crippen LogP contribution in [-0.4, -0.2) is 17.6 Å². The summed E-state index contributed by atoms with van der Waals surface area (Å²) in [5, 5.41) is 12.1. The van der Waals surface area contributed by atoms with Crippen molar-refractivity contribution < 1.29 is 27.8 Å². The number of para-hydroxylation sites is 1. The zero-order valence-corrected chi connectivity index (χ0v) is 14.6. The molecule has 0 radical (unpaired) electrons. The quantitative estimate of drug-likeness (QED) is 0.693. The van der Waals surface area contributed by atoms with Crippen LogP contribution in [0.25, 0.3) is 22.2 Å². The zero-order chi connectivity index (χ0) is 19.8. The van der Waals surface area contributed by atoms with Gasteiger partial charge in [-0.25, -0.2) is 4.98 Å². The fraction of sp³-hybridized carbons (Fsp3) is 0.200. The number of alkyl halides is 3. The second-order valence-corrected chi connectivity index (χ2v) is 5.91. The standard InChI is InChI=1S/C20H16F3NO3/c1-3-27-15-9-5-8-14-16(19(25)26)11(2)17(24-18(14)15)12-6-4-7-13(10-12)20(21,22)23/h4-10H,3H2,1-2H3,(H,25,26)/p-1. The molecule has 0 spiro atoms. The molecule has 1 aromatic heterocycles. The smallest absolute Gasteiger partial charge is 0.416 e. The molecule has 0 fully saturated rings. The number of carbonyl (C=O) groups is 1. The van der Waals surface area contributed by atoms with Gasteiger partial charge in [0.15, 0.2) is 0 Å². The van der Waals surface area contributed by atoms with Crippen molar-refractivity contribution in [1.82, 2.24) is 4.98 Å². The maximum absolute atomic E-state index is 13.1. The summed E-state index contributed by atoms with van der Waals surface area (Å²) < 4.78 is 44.7. The summed E-state index contributed by atoms with van der Waals surface area (Å²) in [7, 11) is 0. The van der Waals surface area contributed by atoms with Gasteiger partial charge in [-0.05, 0) is 37.6 Å². The molecule has 0 unspecified atom stereocenters. The van der Waals surface area contributed by atoms with Crippen LogP contribution >= 0.6 is 0 Å². The second kappa shape index (κ2) is 6.90. The number of nitrogens with zero attached hydrogens (tertiary/aromatic N) is 1. The third-order valence-corrected chi connectivity index (χ3v) is 4.19. The van der Waals surface area contributed by atoms with Crippen LogP contribution in [-0.2, 0) is 6.18 Å². The molecule has 2 aromatic carbocycles. The number of hydrogen-bond acceptors (Lipinski definition) is 4. The van der Waals surface area contributed by atoms with E-state index in [1.807, 2.05) is 0 Å². The van der Waals surface area contributed by atoms with Crippen molar-refractivity contribution in [3.63, 3.8) is 0 Å². The number of ether oxygens (including phenoxy) is 1. The molecule has 3 aromatic rings. The fourth-order valence-corrected chi connectivity index (χ4v) is 3.01. The molecule has 0 aliphatic rings. The number of aromatic carboxylic acids is 1. The minimum Gasteiger partial charge on any atom is -0.545 e. The van der Waals surface area contributed by atoms with Gasteiger partial charge in [0.05, 0.1) is 23.8 Å². The number of rotatable bonds is 4. The summed E-state index contributed by atoms with van der Waals surface area (Å²) in [5.41, 5.74) is -0.159. The Kier molecular flexibility index (Phi) is 4.78. The molecule has 7 heteroatoms. The Morgan fingerprint density at radius 1 is 1.19 bits per heavy atom. The van der Waals surface area contributed by atoms with Crippen molar-refractivity contribution in [2.45, 2.75) is 20.0 Å². The van der Waals surface area contributed by atoms with Crippen molar-refractivity contribution in [3.8, 4) is 17.0 Å². The lowest BCUT2D eigenvalue weighted by Gasteiger charge is -2.17. The molecule has 0 aliphatic carbocycles. The van der Waals surface area contributed by atoms with Gasteiger partial charge in [0.2, 0.25) is 0 Å². The van der Waals surface area contributed by atoms with Crippen molar-refractivity contribution in [2.24, 2.45) is 0 Å². The van der Waals surface area contributed by atoms with Gasteiger partial charge in [0, 0.05) is 16.5 Å². The predicted octanol–water partition coefficient (Wildman–Crippen LogP) is 3.99. The predicted molar refractivity (Wildman–Crippen MR) is 92.4 cm³/mol. The van der Waals surface area contributed by atoms with E-state index in [1.165, 1.54) is 19.1 Å². The maximum atomic E-state index is 13.1. The highest BCUT2D eigenvalue weighted by molar-refractivity contribution is 6.06. The van der Waals surface area contributed by atoms with E-state index in [2.05, 4.69) is 4.98 Å². The van der Waals surface area contributed by atoms with Crippen LogP contribution in [0.2, 0.25) is 0 Å². The summed E-state index contributed by atoms with van der Waals surface area (Å²) >= 11 is 0. The Morgan fingerprint density at radius 2 is 1.89 bits per heavy atom. The van der Waals surface area contributed by atoms with E-state index in [4.69, 9.17) is 4.74 Å². The first-order valence-corrected chi connectivity index (χ1v) is 8.19. The van der Waals surface area contributed by atoms with Crippen molar-refractivity contribution in [2.75, 3.05) is 6.61 Å². The third kappa shape index (κ3) is 3.45. The van der Waals surface area contributed by atoms with Crippen LogP contribution in [0.15, 0.2) is 42.5 Å². The molecule has 0 saturated heterocycles. The average Bonchev–Trinajstić information content (AvgIpc) is 2.60. The normalized spacial score (nSPS) is 11.6. The van der Waals surface area contributed by atoms with Crippen LogP contribution in [0.1, 0.15) is 28.4 Å². The number of carboxylic acid groups (broad SMARTS) is 1. The van der Waals surface area contributed by atoms with Crippen molar-refractivity contribution in [1.29, 1.82) is 0 Å². The minimum absolute atomic E-state index is 0.117. The lowest BCUT2D eigenvalue weighted by atomic mass is 9.96. The number of fused-ring (bicyclic) bond motifs is 1.